The molecule has 3 aromatic heterocycles. The molecule has 1 fully saturated rings. The Morgan fingerprint density at radius 2 is 1.47 bits per heavy atom. The molecule has 6 aromatic carbocycles. The molecule has 4 nitrogen and oxygen atoms in total. The van der Waals surface area contributed by atoms with Gasteiger partial charge in [0.2, 0.25) is 0 Å². The van der Waals surface area contributed by atoms with Gasteiger partial charge in [0.1, 0.15) is 5.58 Å². The van der Waals surface area contributed by atoms with Crippen LogP contribution in [0.25, 0.3) is 72.4 Å². The van der Waals surface area contributed by atoms with Crippen LogP contribution in [-0.2, 0) is 26.5 Å². The molecule has 0 aliphatic heterocycles. The molecule has 0 atom stereocenters. The molecule has 3 heterocycles. The Balaban J connectivity index is 0.000000172. The molecular formula is C51H45IrN3OSi-2. The summed E-state index contributed by atoms with van der Waals surface area (Å²) in [7, 11) is -1.35. The second kappa shape index (κ2) is 16.6. The van der Waals surface area contributed by atoms with E-state index in [4.69, 9.17) is 14.4 Å². The number of para-hydroxylation sites is 3. The molecule has 1 aliphatic rings. The topological polar surface area (TPSA) is 43.9 Å². The number of fused-ring (bicyclic) bond motifs is 4. The van der Waals surface area contributed by atoms with Gasteiger partial charge < -0.3 is 14.0 Å². The average Bonchev–Trinajstić information content (AvgIpc) is 3.99. The van der Waals surface area contributed by atoms with Crippen molar-refractivity contribution >= 4 is 46.2 Å². The summed E-state index contributed by atoms with van der Waals surface area (Å²) in [6.07, 6.45) is 9.03. The van der Waals surface area contributed by atoms with Gasteiger partial charge in [-0.1, -0.05) is 141 Å². The second-order valence-corrected chi connectivity index (χ2v) is 21.0. The van der Waals surface area contributed by atoms with E-state index in [0.29, 0.717) is 0 Å². The van der Waals surface area contributed by atoms with Crippen LogP contribution in [0.3, 0.4) is 0 Å². The minimum Gasteiger partial charge on any atom is -0.501 e. The molecule has 0 amide bonds. The predicted octanol–water partition coefficient (Wildman–Crippen LogP) is 12.9. The summed E-state index contributed by atoms with van der Waals surface area (Å²) in [6.45, 7) is 7.28. The fourth-order valence-electron chi connectivity index (χ4n) is 8.33. The Kier molecular flexibility index (Phi) is 11.2. The normalized spacial score (nSPS) is 13.1. The zero-order valence-corrected chi connectivity index (χ0v) is 36.0. The largest absolute Gasteiger partial charge is 0.501 e. The minimum absolute atomic E-state index is 0. The van der Waals surface area contributed by atoms with E-state index >= 15 is 0 Å². The van der Waals surface area contributed by atoms with E-state index in [1.807, 2.05) is 48.5 Å². The molecule has 1 saturated carbocycles. The first-order chi connectivity index (χ1) is 27.4. The standard InChI is InChI=1S/C31H19N2O.C20H26NSi.Ir/c1-2-10-21(11-3-1)22-12-8-13-23(20-22)33-28-18-6-5-17-27(28)32-31(33)26-16-9-15-25-24-14-4-7-19-29(24)34-30(25)26;1-22(2,3)20-15-21-19(17-11-5-4-6-12-17)14-18(20)13-16-9-7-8-10-16;/h1-15,17-20H;4-6,11,14-16H,7-10,13H2,1-3H3;/q2*-1;. The maximum atomic E-state index is 6.33. The van der Waals surface area contributed by atoms with E-state index < -0.39 is 8.07 Å². The maximum Gasteiger partial charge on any atom is 0.120 e. The van der Waals surface area contributed by atoms with E-state index in [1.54, 1.807) is 10.8 Å². The van der Waals surface area contributed by atoms with Crippen molar-refractivity contribution in [2.75, 3.05) is 0 Å². The summed E-state index contributed by atoms with van der Waals surface area (Å²) in [4.78, 5) is 9.81. The van der Waals surface area contributed by atoms with Crippen LogP contribution < -0.4 is 5.19 Å². The van der Waals surface area contributed by atoms with E-state index in [-0.39, 0.29) is 20.1 Å². The molecule has 1 aliphatic carbocycles. The van der Waals surface area contributed by atoms with Crippen LogP contribution in [0.1, 0.15) is 31.2 Å². The number of benzene rings is 6. The average molecular weight is 936 g/mol. The molecule has 6 heteroatoms. The summed E-state index contributed by atoms with van der Waals surface area (Å²) < 4.78 is 8.54. The second-order valence-electron chi connectivity index (χ2n) is 16.0. The summed E-state index contributed by atoms with van der Waals surface area (Å²) in [5, 5.41) is 3.71. The number of furan rings is 1. The first-order valence-corrected chi connectivity index (χ1v) is 23.3. The van der Waals surface area contributed by atoms with Gasteiger partial charge in [-0.3, -0.25) is 4.98 Å². The van der Waals surface area contributed by atoms with E-state index in [0.717, 1.165) is 72.8 Å². The number of hydrogen-bond acceptors (Lipinski definition) is 3. The molecular weight excluding hydrogens is 891 g/mol. The fourth-order valence-corrected chi connectivity index (χ4v) is 9.92. The van der Waals surface area contributed by atoms with Crippen molar-refractivity contribution in [3.63, 3.8) is 0 Å². The molecule has 57 heavy (non-hydrogen) atoms. The quantitative estimate of drug-likeness (QED) is 0.118. The number of rotatable bonds is 7. The zero-order valence-electron chi connectivity index (χ0n) is 32.6. The Bertz CT molecular complexity index is 2780. The summed E-state index contributed by atoms with van der Waals surface area (Å²) in [6, 6.07) is 56.7. The van der Waals surface area contributed by atoms with Gasteiger partial charge in [-0.25, -0.2) is 0 Å². The van der Waals surface area contributed by atoms with Crippen LogP contribution in [0.4, 0.5) is 0 Å². The number of hydrogen-bond donors (Lipinski definition) is 0. The van der Waals surface area contributed by atoms with Crippen LogP contribution in [0.5, 0.6) is 0 Å². The van der Waals surface area contributed by atoms with E-state index in [1.165, 1.54) is 37.7 Å². The third-order valence-corrected chi connectivity index (χ3v) is 13.2. The summed E-state index contributed by atoms with van der Waals surface area (Å²) in [5.41, 5.74) is 11.6. The van der Waals surface area contributed by atoms with Gasteiger partial charge in [-0.15, -0.1) is 54.1 Å². The molecule has 0 spiro atoms. The van der Waals surface area contributed by atoms with Crippen molar-refractivity contribution in [3.8, 4) is 39.5 Å². The van der Waals surface area contributed by atoms with Crippen LogP contribution in [-0.4, -0.2) is 22.6 Å². The number of aromatic nitrogens is 3. The van der Waals surface area contributed by atoms with Gasteiger partial charge in [0, 0.05) is 37.4 Å². The number of pyridine rings is 1. The molecule has 0 unspecified atom stereocenters. The van der Waals surface area contributed by atoms with Crippen LogP contribution in [0.2, 0.25) is 19.6 Å². The van der Waals surface area contributed by atoms with Gasteiger partial charge in [-0.05, 0) is 64.7 Å². The van der Waals surface area contributed by atoms with Crippen molar-refractivity contribution < 1.29 is 24.5 Å². The zero-order chi connectivity index (χ0) is 38.1. The Morgan fingerprint density at radius 3 is 2.28 bits per heavy atom. The van der Waals surface area contributed by atoms with Crippen molar-refractivity contribution in [1.82, 2.24) is 14.5 Å². The first kappa shape index (κ1) is 38.5. The SMILES string of the molecule is C[Si](C)(C)c1cnc(-c2[c-]cccc2)cc1CC1CCCC1.[Ir].[c-]1ccc2c(oc3ccccc32)c1-c1nc2ccccc2n1-c1cccc(-c2ccccc2)c1. The minimum atomic E-state index is -1.35. The first-order valence-electron chi connectivity index (χ1n) is 19.8. The molecule has 9 aromatic rings. The van der Waals surface area contributed by atoms with Crippen molar-refractivity contribution in [2.45, 2.75) is 51.7 Å². The van der Waals surface area contributed by atoms with E-state index in [9.17, 15) is 0 Å². The van der Waals surface area contributed by atoms with Crippen LogP contribution in [0.15, 0.2) is 156 Å². The Hall–Kier alpha value is -5.39. The van der Waals surface area contributed by atoms with Crippen LogP contribution in [0, 0.1) is 18.1 Å². The van der Waals surface area contributed by atoms with Crippen molar-refractivity contribution in [1.29, 1.82) is 0 Å². The molecule has 1 radical (unpaired) electrons. The summed E-state index contributed by atoms with van der Waals surface area (Å²) in [5.74, 6) is 1.70. The van der Waals surface area contributed by atoms with Crippen molar-refractivity contribution in [3.05, 3.63) is 169 Å². The number of nitrogens with zero attached hydrogens (tertiary/aromatic N) is 3. The van der Waals surface area contributed by atoms with Gasteiger partial charge in [0.05, 0.1) is 30.5 Å². The number of imidazole rings is 1. The Morgan fingerprint density at radius 1 is 0.719 bits per heavy atom. The predicted molar refractivity (Wildman–Crippen MR) is 235 cm³/mol. The third-order valence-electron chi connectivity index (χ3n) is 11.1. The molecule has 285 valence electrons. The monoisotopic (exact) mass is 936 g/mol. The van der Waals surface area contributed by atoms with Gasteiger partial charge >= 0.3 is 0 Å². The molecule has 0 N–H and O–H groups in total. The molecule has 10 rings (SSSR count). The molecule has 0 bridgehead atoms. The van der Waals surface area contributed by atoms with Gasteiger partial charge in [0.15, 0.2) is 0 Å². The van der Waals surface area contributed by atoms with E-state index in [2.05, 4.69) is 140 Å². The van der Waals surface area contributed by atoms with Crippen molar-refractivity contribution in [2.24, 2.45) is 5.92 Å². The maximum absolute atomic E-state index is 6.33. The third kappa shape index (κ3) is 7.95. The van der Waals surface area contributed by atoms with Crippen LogP contribution >= 0.6 is 0 Å². The Labute approximate surface area is 350 Å². The molecule has 0 saturated heterocycles. The summed E-state index contributed by atoms with van der Waals surface area (Å²) >= 11 is 0. The van der Waals surface area contributed by atoms with Gasteiger partial charge in [0.25, 0.3) is 0 Å². The smallest absolute Gasteiger partial charge is 0.120 e. The fraction of sp³-hybridized carbons (Fsp3) is 0.176. The van der Waals surface area contributed by atoms with Gasteiger partial charge in [-0.2, -0.15) is 0 Å².